The minimum Gasteiger partial charge on any atom is -0.366 e. The van der Waals surface area contributed by atoms with Gasteiger partial charge in [0.15, 0.2) is 0 Å². The molecule has 1 aliphatic rings. The Kier molecular flexibility index (Phi) is 3.70. The molecule has 0 saturated carbocycles. The Morgan fingerprint density at radius 2 is 2.05 bits per heavy atom. The largest absolute Gasteiger partial charge is 0.366 e. The second-order valence-corrected chi connectivity index (χ2v) is 4.93. The SMILES string of the molecule is Clc1cccc(Cl)c1-c1noc([C@H]2CNCCO2)n1. The van der Waals surface area contributed by atoms with Gasteiger partial charge in [-0.2, -0.15) is 4.98 Å². The fourth-order valence-corrected chi connectivity index (χ4v) is 2.47. The van der Waals surface area contributed by atoms with Crippen LogP contribution in [0, 0.1) is 0 Å². The monoisotopic (exact) mass is 299 g/mol. The lowest BCUT2D eigenvalue weighted by Gasteiger charge is -2.19. The lowest BCUT2D eigenvalue weighted by Crippen LogP contribution is -2.33. The van der Waals surface area contributed by atoms with Crippen molar-refractivity contribution >= 4 is 23.2 Å². The molecule has 0 amide bonds. The van der Waals surface area contributed by atoms with Crippen molar-refractivity contribution in [2.24, 2.45) is 0 Å². The number of hydrogen-bond acceptors (Lipinski definition) is 5. The van der Waals surface area contributed by atoms with Crippen LogP contribution in [0.15, 0.2) is 22.7 Å². The van der Waals surface area contributed by atoms with E-state index in [0.717, 1.165) is 6.54 Å². The minimum atomic E-state index is -0.226. The molecule has 1 aliphatic heterocycles. The number of hydrogen-bond donors (Lipinski definition) is 1. The van der Waals surface area contributed by atoms with Crippen molar-refractivity contribution in [3.8, 4) is 11.4 Å². The minimum absolute atomic E-state index is 0.226. The lowest BCUT2D eigenvalue weighted by molar-refractivity contribution is 0.00755. The predicted octanol–water partition coefficient (Wildman–Crippen LogP) is 2.70. The summed E-state index contributed by atoms with van der Waals surface area (Å²) in [6.45, 7) is 2.10. The van der Waals surface area contributed by atoms with E-state index in [4.69, 9.17) is 32.5 Å². The standard InChI is InChI=1S/C12H11Cl2N3O2/c13-7-2-1-3-8(14)10(7)11-16-12(19-17-11)9-6-15-4-5-18-9/h1-3,9,15H,4-6H2/t9-/m1/s1. The summed E-state index contributed by atoms with van der Waals surface area (Å²) in [5.74, 6) is 0.804. The summed E-state index contributed by atoms with van der Waals surface area (Å²) in [7, 11) is 0. The van der Waals surface area contributed by atoms with Crippen molar-refractivity contribution in [3.63, 3.8) is 0 Å². The van der Waals surface area contributed by atoms with E-state index in [9.17, 15) is 0 Å². The smallest absolute Gasteiger partial charge is 0.257 e. The van der Waals surface area contributed by atoms with E-state index in [0.29, 0.717) is 40.5 Å². The third-order valence-electron chi connectivity index (χ3n) is 2.83. The van der Waals surface area contributed by atoms with Gasteiger partial charge in [0.1, 0.15) is 6.10 Å². The van der Waals surface area contributed by atoms with Crippen LogP contribution in [-0.2, 0) is 4.74 Å². The van der Waals surface area contributed by atoms with E-state index in [-0.39, 0.29) is 6.10 Å². The molecule has 0 unspecified atom stereocenters. The molecule has 7 heteroatoms. The Bertz CT molecular complexity index is 562. The molecule has 1 aromatic heterocycles. The molecule has 1 N–H and O–H groups in total. The molecule has 3 rings (SSSR count). The van der Waals surface area contributed by atoms with E-state index < -0.39 is 0 Å². The maximum absolute atomic E-state index is 6.11. The summed E-state index contributed by atoms with van der Waals surface area (Å²) in [6.07, 6.45) is -0.226. The Morgan fingerprint density at radius 3 is 2.74 bits per heavy atom. The number of nitrogens with zero attached hydrogens (tertiary/aromatic N) is 2. The summed E-state index contributed by atoms with van der Waals surface area (Å²) in [4.78, 5) is 4.31. The molecule has 0 radical (unpaired) electrons. The highest BCUT2D eigenvalue weighted by molar-refractivity contribution is 6.38. The van der Waals surface area contributed by atoms with Crippen molar-refractivity contribution in [1.82, 2.24) is 15.5 Å². The Labute approximate surface area is 119 Å². The van der Waals surface area contributed by atoms with Crippen molar-refractivity contribution in [1.29, 1.82) is 0 Å². The van der Waals surface area contributed by atoms with Crippen molar-refractivity contribution in [3.05, 3.63) is 34.1 Å². The van der Waals surface area contributed by atoms with E-state index in [1.807, 2.05) is 0 Å². The maximum Gasteiger partial charge on any atom is 0.257 e. The van der Waals surface area contributed by atoms with E-state index in [2.05, 4.69) is 15.5 Å². The van der Waals surface area contributed by atoms with Gasteiger partial charge < -0.3 is 14.6 Å². The van der Waals surface area contributed by atoms with E-state index in [1.165, 1.54) is 0 Å². The Balaban J connectivity index is 1.92. The van der Waals surface area contributed by atoms with Gasteiger partial charge in [0.25, 0.3) is 5.89 Å². The quantitative estimate of drug-likeness (QED) is 0.924. The highest BCUT2D eigenvalue weighted by Gasteiger charge is 2.23. The fourth-order valence-electron chi connectivity index (χ4n) is 1.90. The number of benzene rings is 1. The molecular formula is C12H11Cl2N3O2. The van der Waals surface area contributed by atoms with Gasteiger partial charge in [-0.25, -0.2) is 0 Å². The van der Waals surface area contributed by atoms with Gasteiger partial charge in [0, 0.05) is 13.1 Å². The molecule has 1 saturated heterocycles. The number of morpholine rings is 1. The van der Waals surface area contributed by atoms with Crippen LogP contribution in [0.2, 0.25) is 10.0 Å². The van der Waals surface area contributed by atoms with Crippen molar-refractivity contribution < 1.29 is 9.26 Å². The number of nitrogens with one attached hydrogen (secondary N) is 1. The topological polar surface area (TPSA) is 60.2 Å². The molecule has 2 aromatic rings. The molecule has 19 heavy (non-hydrogen) atoms. The zero-order valence-corrected chi connectivity index (χ0v) is 11.4. The Morgan fingerprint density at radius 1 is 1.26 bits per heavy atom. The highest BCUT2D eigenvalue weighted by atomic mass is 35.5. The number of ether oxygens (including phenoxy) is 1. The zero-order chi connectivity index (χ0) is 13.2. The molecular weight excluding hydrogens is 289 g/mol. The van der Waals surface area contributed by atoms with Crippen molar-refractivity contribution in [2.45, 2.75) is 6.10 Å². The van der Waals surface area contributed by atoms with E-state index >= 15 is 0 Å². The first kappa shape index (κ1) is 12.9. The zero-order valence-electron chi connectivity index (χ0n) is 9.90. The lowest BCUT2D eigenvalue weighted by atomic mass is 10.2. The maximum atomic E-state index is 6.11. The molecule has 0 aliphatic carbocycles. The second-order valence-electron chi connectivity index (χ2n) is 4.12. The van der Waals surface area contributed by atoms with Crippen LogP contribution in [0.1, 0.15) is 12.0 Å². The van der Waals surface area contributed by atoms with Crippen LogP contribution in [0.5, 0.6) is 0 Å². The van der Waals surface area contributed by atoms with Crippen molar-refractivity contribution in [2.75, 3.05) is 19.7 Å². The van der Waals surface area contributed by atoms with Crippen LogP contribution < -0.4 is 5.32 Å². The van der Waals surface area contributed by atoms with Gasteiger partial charge in [0.05, 0.1) is 22.2 Å². The van der Waals surface area contributed by atoms with Crippen LogP contribution in [-0.4, -0.2) is 29.8 Å². The van der Waals surface area contributed by atoms with Gasteiger partial charge in [0.2, 0.25) is 5.82 Å². The number of halogens is 2. The predicted molar refractivity (Wildman–Crippen MR) is 71.3 cm³/mol. The molecule has 5 nitrogen and oxygen atoms in total. The molecule has 1 atom stereocenters. The summed E-state index contributed by atoms with van der Waals surface area (Å²) < 4.78 is 10.8. The van der Waals surface area contributed by atoms with Gasteiger partial charge >= 0.3 is 0 Å². The first-order valence-electron chi connectivity index (χ1n) is 5.86. The van der Waals surface area contributed by atoms with Crippen LogP contribution in [0.4, 0.5) is 0 Å². The average Bonchev–Trinajstić information content (AvgIpc) is 2.89. The highest BCUT2D eigenvalue weighted by Crippen LogP contribution is 2.33. The van der Waals surface area contributed by atoms with Crippen LogP contribution in [0.25, 0.3) is 11.4 Å². The van der Waals surface area contributed by atoms with Crippen LogP contribution >= 0.6 is 23.2 Å². The molecule has 1 fully saturated rings. The number of rotatable bonds is 2. The molecule has 2 heterocycles. The fraction of sp³-hybridized carbons (Fsp3) is 0.333. The van der Waals surface area contributed by atoms with Gasteiger partial charge in [-0.1, -0.05) is 34.4 Å². The Hall–Kier alpha value is -1.14. The summed E-state index contributed by atoms with van der Waals surface area (Å²) in [5.41, 5.74) is 0.574. The molecule has 100 valence electrons. The normalized spacial score (nSPS) is 19.6. The second kappa shape index (κ2) is 5.46. The van der Waals surface area contributed by atoms with Gasteiger partial charge in [-0.3, -0.25) is 0 Å². The summed E-state index contributed by atoms with van der Waals surface area (Å²) >= 11 is 12.2. The van der Waals surface area contributed by atoms with E-state index in [1.54, 1.807) is 18.2 Å². The molecule has 1 aromatic carbocycles. The summed E-state index contributed by atoms with van der Waals surface area (Å²) in [6, 6.07) is 5.23. The van der Waals surface area contributed by atoms with Crippen LogP contribution in [0.3, 0.4) is 0 Å². The average molecular weight is 300 g/mol. The van der Waals surface area contributed by atoms with Gasteiger partial charge in [-0.15, -0.1) is 0 Å². The number of aromatic nitrogens is 2. The third kappa shape index (κ3) is 2.60. The molecule has 0 bridgehead atoms. The summed E-state index contributed by atoms with van der Waals surface area (Å²) in [5, 5.41) is 8.10. The first-order valence-corrected chi connectivity index (χ1v) is 6.61. The van der Waals surface area contributed by atoms with Gasteiger partial charge in [-0.05, 0) is 12.1 Å². The third-order valence-corrected chi connectivity index (χ3v) is 3.46. The first-order chi connectivity index (χ1) is 9.25. The molecule has 0 spiro atoms.